The number of rotatable bonds is 1. The Morgan fingerprint density at radius 3 is 2.73 bits per heavy atom. The van der Waals surface area contributed by atoms with Gasteiger partial charge in [0.2, 0.25) is 5.72 Å². The number of fused-ring (bicyclic) bond motifs is 2. The van der Waals surface area contributed by atoms with Gasteiger partial charge in [-0.2, -0.15) is 0 Å². The normalized spacial score (nSPS) is 22.0. The third-order valence-corrected chi connectivity index (χ3v) is 5.82. The first-order valence-electron chi connectivity index (χ1n) is 8.45. The molecule has 1 spiro atoms. The van der Waals surface area contributed by atoms with Gasteiger partial charge in [-0.1, -0.05) is 23.7 Å². The number of hydrogen-bond acceptors (Lipinski definition) is 4. The van der Waals surface area contributed by atoms with Gasteiger partial charge in [0.15, 0.2) is 0 Å². The number of methoxy groups -OCH3 is 1. The summed E-state index contributed by atoms with van der Waals surface area (Å²) in [7, 11) is 3.37. The van der Waals surface area contributed by atoms with E-state index < -0.39 is 11.7 Å². The molecule has 1 atom stereocenters. The maximum absolute atomic E-state index is 12.2. The number of carbonyl (C=O) groups is 1. The molecule has 0 radical (unpaired) electrons. The van der Waals surface area contributed by atoms with Gasteiger partial charge in [-0.25, -0.2) is 4.79 Å². The van der Waals surface area contributed by atoms with Crippen LogP contribution in [0.3, 0.4) is 0 Å². The van der Waals surface area contributed by atoms with Gasteiger partial charge in [0.1, 0.15) is 11.3 Å². The number of para-hydroxylation sites is 1. The van der Waals surface area contributed by atoms with E-state index in [1.165, 1.54) is 7.11 Å². The number of carbonyl (C=O) groups excluding carboxylic acids is 1. The molecule has 0 bridgehead atoms. The van der Waals surface area contributed by atoms with E-state index in [-0.39, 0.29) is 5.41 Å². The third-order valence-electron chi connectivity index (χ3n) is 5.58. The van der Waals surface area contributed by atoms with Gasteiger partial charge in [-0.15, -0.1) is 0 Å². The minimum atomic E-state index is -0.767. The van der Waals surface area contributed by atoms with E-state index in [0.717, 1.165) is 16.8 Å². The first-order valence-corrected chi connectivity index (χ1v) is 8.83. The summed E-state index contributed by atoms with van der Waals surface area (Å²) in [5.74, 6) is 0.131. The second kappa shape index (κ2) is 5.52. The van der Waals surface area contributed by atoms with Gasteiger partial charge in [0.05, 0.1) is 12.5 Å². The third kappa shape index (κ3) is 2.05. The van der Waals surface area contributed by atoms with E-state index in [9.17, 15) is 4.79 Å². The lowest BCUT2D eigenvalue weighted by Crippen LogP contribution is -2.58. The molecule has 4 rings (SSSR count). The molecule has 2 heterocycles. The molecule has 4 nitrogen and oxygen atoms in total. The Morgan fingerprint density at radius 1 is 1.23 bits per heavy atom. The fraction of sp³-hybridized carbons (Fsp3) is 0.286. The Hall–Kier alpha value is -2.46. The zero-order valence-corrected chi connectivity index (χ0v) is 15.9. The molecular weight excluding hydrogens is 350 g/mol. The van der Waals surface area contributed by atoms with Crippen molar-refractivity contribution in [2.75, 3.05) is 19.1 Å². The van der Waals surface area contributed by atoms with Gasteiger partial charge in [-0.05, 0) is 55.8 Å². The van der Waals surface area contributed by atoms with Crippen molar-refractivity contribution in [3.8, 4) is 5.75 Å². The molecule has 134 valence electrons. The van der Waals surface area contributed by atoms with E-state index >= 15 is 0 Å². The standard InChI is InChI=1S/C21H20ClNO3/c1-20(2)16-12-14(22)8-9-17(16)23(3)21(20)11-10-13-6-5-7-15(18(13)26-21)19(24)25-4/h5-12H,1-4H3. The number of likely N-dealkylation sites (N-methyl/N-ethyl adjacent to an activating group) is 1. The summed E-state index contributed by atoms with van der Waals surface area (Å²) in [5.41, 5.74) is 2.29. The average molecular weight is 370 g/mol. The molecule has 2 aliphatic heterocycles. The molecule has 0 N–H and O–H groups in total. The number of benzene rings is 2. The number of nitrogens with zero attached hydrogens (tertiary/aromatic N) is 1. The molecule has 1 unspecified atom stereocenters. The molecule has 0 amide bonds. The van der Waals surface area contributed by atoms with E-state index in [0.29, 0.717) is 16.3 Å². The Labute approximate surface area is 158 Å². The Balaban J connectivity index is 1.90. The van der Waals surface area contributed by atoms with Crippen LogP contribution in [0.15, 0.2) is 42.5 Å². The van der Waals surface area contributed by atoms with Crippen LogP contribution in [-0.2, 0) is 10.2 Å². The Bertz CT molecular complexity index is 950. The smallest absolute Gasteiger partial charge is 0.341 e. The highest BCUT2D eigenvalue weighted by molar-refractivity contribution is 6.30. The molecule has 0 aromatic heterocycles. The van der Waals surface area contributed by atoms with Crippen LogP contribution in [-0.4, -0.2) is 25.9 Å². The first kappa shape index (κ1) is 17.0. The average Bonchev–Trinajstić information content (AvgIpc) is 2.79. The zero-order valence-electron chi connectivity index (χ0n) is 15.2. The van der Waals surface area contributed by atoms with Crippen LogP contribution >= 0.6 is 11.6 Å². The Kier molecular flexibility index (Phi) is 3.60. The number of hydrogen-bond donors (Lipinski definition) is 0. The number of esters is 1. The summed E-state index contributed by atoms with van der Waals surface area (Å²) in [6, 6.07) is 11.4. The minimum Gasteiger partial charge on any atom is -0.465 e. The van der Waals surface area contributed by atoms with Crippen LogP contribution in [0.25, 0.3) is 6.08 Å². The van der Waals surface area contributed by atoms with Crippen molar-refractivity contribution in [1.29, 1.82) is 0 Å². The molecule has 0 saturated heterocycles. The first-order chi connectivity index (χ1) is 12.3. The SMILES string of the molecule is COC(=O)c1cccc2c1OC1(C=C2)N(C)c2ccc(Cl)cc2C1(C)C. The molecule has 2 aromatic carbocycles. The predicted molar refractivity (Wildman–Crippen MR) is 103 cm³/mol. The van der Waals surface area contributed by atoms with E-state index in [4.69, 9.17) is 21.1 Å². The molecule has 2 aliphatic rings. The minimum absolute atomic E-state index is 0.389. The summed E-state index contributed by atoms with van der Waals surface area (Å²) in [4.78, 5) is 14.3. The molecule has 2 aromatic rings. The van der Waals surface area contributed by atoms with Gasteiger partial charge in [0, 0.05) is 23.3 Å². The highest BCUT2D eigenvalue weighted by atomic mass is 35.5. The monoisotopic (exact) mass is 369 g/mol. The fourth-order valence-electron chi connectivity index (χ4n) is 4.07. The van der Waals surface area contributed by atoms with Crippen molar-refractivity contribution in [2.24, 2.45) is 0 Å². The summed E-state index contributed by atoms with van der Waals surface area (Å²) in [5, 5.41) is 0.692. The molecule has 0 aliphatic carbocycles. The predicted octanol–water partition coefficient (Wildman–Crippen LogP) is 4.66. The zero-order chi connectivity index (χ0) is 18.7. The second-order valence-corrected chi connectivity index (χ2v) is 7.63. The highest BCUT2D eigenvalue weighted by Crippen LogP contribution is 2.55. The Morgan fingerprint density at radius 2 is 2.00 bits per heavy atom. The molecule has 26 heavy (non-hydrogen) atoms. The fourth-order valence-corrected chi connectivity index (χ4v) is 4.24. The molecular formula is C21H20ClNO3. The van der Waals surface area contributed by atoms with E-state index in [2.05, 4.69) is 24.8 Å². The van der Waals surface area contributed by atoms with Crippen LogP contribution in [0.1, 0.15) is 35.3 Å². The van der Waals surface area contributed by atoms with Crippen LogP contribution in [0.4, 0.5) is 5.69 Å². The lowest BCUT2D eigenvalue weighted by molar-refractivity contribution is 0.0492. The van der Waals surface area contributed by atoms with Crippen molar-refractivity contribution in [3.63, 3.8) is 0 Å². The maximum Gasteiger partial charge on any atom is 0.341 e. The molecule has 0 fully saturated rings. The van der Waals surface area contributed by atoms with Crippen LogP contribution in [0, 0.1) is 0 Å². The van der Waals surface area contributed by atoms with Crippen molar-refractivity contribution in [2.45, 2.75) is 25.0 Å². The molecule has 0 saturated carbocycles. The maximum atomic E-state index is 12.2. The summed E-state index contributed by atoms with van der Waals surface area (Å²) in [6.45, 7) is 4.25. The number of anilines is 1. The van der Waals surface area contributed by atoms with Crippen molar-refractivity contribution < 1.29 is 14.3 Å². The molecule has 5 heteroatoms. The van der Waals surface area contributed by atoms with Gasteiger partial charge >= 0.3 is 5.97 Å². The van der Waals surface area contributed by atoms with Crippen molar-refractivity contribution >= 4 is 29.3 Å². The van der Waals surface area contributed by atoms with Crippen molar-refractivity contribution in [3.05, 3.63) is 64.2 Å². The van der Waals surface area contributed by atoms with Gasteiger partial charge in [0.25, 0.3) is 0 Å². The number of halogens is 1. The van der Waals surface area contributed by atoms with Crippen molar-refractivity contribution in [1.82, 2.24) is 0 Å². The lowest BCUT2D eigenvalue weighted by Gasteiger charge is -2.46. The van der Waals surface area contributed by atoms with Crippen LogP contribution in [0.2, 0.25) is 5.02 Å². The van der Waals surface area contributed by atoms with Crippen LogP contribution < -0.4 is 9.64 Å². The lowest BCUT2D eigenvalue weighted by atomic mass is 9.76. The second-order valence-electron chi connectivity index (χ2n) is 7.19. The largest absolute Gasteiger partial charge is 0.465 e. The van der Waals surface area contributed by atoms with Gasteiger partial charge < -0.3 is 14.4 Å². The number of ether oxygens (including phenoxy) is 2. The summed E-state index contributed by atoms with van der Waals surface area (Å²) in [6.07, 6.45) is 4.07. The van der Waals surface area contributed by atoms with E-state index in [1.807, 2.05) is 43.5 Å². The summed E-state index contributed by atoms with van der Waals surface area (Å²) < 4.78 is 11.5. The topological polar surface area (TPSA) is 38.8 Å². The van der Waals surface area contributed by atoms with E-state index in [1.54, 1.807) is 6.07 Å². The summed E-state index contributed by atoms with van der Waals surface area (Å²) >= 11 is 6.25. The quantitative estimate of drug-likeness (QED) is 0.685. The highest BCUT2D eigenvalue weighted by Gasteiger charge is 2.58. The van der Waals surface area contributed by atoms with Gasteiger partial charge in [-0.3, -0.25) is 0 Å². The van der Waals surface area contributed by atoms with Crippen LogP contribution in [0.5, 0.6) is 5.75 Å².